The van der Waals surface area contributed by atoms with E-state index < -0.39 is 10.2 Å². The third kappa shape index (κ3) is 6.11. The Hall–Kier alpha value is -4.20. The molecule has 216 valence electrons. The molecule has 0 spiro atoms. The molecule has 3 heterocycles. The molecular weight excluding hydrogens is 568 g/mol. The molecule has 0 saturated heterocycles. The Morgan fingerprint density at radius 3 is 2.39 bits per heavy atom. The molecule has 1 aromatic carbocycles. The first-order chi connectivity index (χ1) is 19.5. The summed E-state index contributed by atoms with van der Waals surface area (Å²) in [6.45, 7) is 5.57. The van der Waals surface area contributed by atoms with Gasteiger partial charge in [-0.15, -0.1) is 0 Å². The number of allylic oxidation sites excluding steroid dienone is 1. The summed E-state index contributed by atoms with van der Waals surface area (Å²) in [7, 11) is 3.99. The van der Waals surface area contributed by atoms with Crippen LogP contribution in [0.2, 0.25) is 0 Å². The molecule has 0 radical (unpaired) electrons. The van der Waals surface area contributed by atoms with E-state index in [4.69, 9.17) is 26.1 Å². The van der Waals surface area contributed by atoms with Crippen LogP contribution in [-0.2, 0) is 23.8 Å². The summed E-state index contributed by atoms with van der Waals surface area (Å²) in [6.07, 6.45) is 6.39. The molecule has 0 bridgehead atoms. The maximum Gasteiger partial charge on any atom is 0.308 e. The maximum atomic E-state index is 13.0. The van der Waals surface area contributed by atoms with Gasteiger partial charge in [0.15, 0.2) is 0 Å². The number of methoxy groups -OCH3 is 2. The average Bonchev–Trinajstić information content (AvgIpc) is 3.63. The van der Waals surface area contributed by atoms with E-state index in [9.17, 15) is 8.42 Å². The summed E-state index contributed by atoms with van der Waals surface area (Å²) in [5, 5.41) is 4.59. The predicted octanol–water partition coefficient (Wildman–Crippen LogP) is 4.48. The van der Waals surface area contributed by atoms with Crippen LogP contribution in [0.15, 0.2) is 60.1 Å². The Kier molecular flexibility index (Phi) is 8.80. The number of aromatic nitrogens is 5. The van der Waals surface area contributed by atoms with Crippen molar-refractivity contribution < 1.29 is 17.9 Å². The van der Waals surface area contributed by atoms with Crippen LogP contribution in [0.1, 0.15) is 24.0 Å². The molecule has 0 fully saturated rings. The van der Waals surface area contributed by atoms with Crippen molar-refractivity contribution in [3.05, 3.63) is 72.2 Å². The highest BCUT2D eigenvalue weighted by Crippen LogP contribution is 2.38. The number of nitrogens with zero attached hydrogens (tertiary/aromatic N) is 8. The first kappa shape index (κ1) is 29.8. The van der Waals surface area contributed by atoms with Crippen molar-refractivity contribution in [1.29, 1.82) is 0 Å². The number of anilines is 2. The lowest BCUT2D eigenvalue weighted by Crippen LogP contribution is -2.31. The number of aliphatic imine (C=N–C) groups is 1. The molecule has 0 saturated carbocycles. The van der Waals surface area contributed by atoms with E-state index in [1.165, 1.54) is 26.5 Å². The fourth-order valence-electron chi connectivity index (χ4n) is 4.01. The molecule has 14 heteroatoms. The molecule has 0 N–H and O–H groups in total. The summed E-state index contributed by atoms with van der Waals surface area (Å²) >= 11 is 6.90. The van der Waals surface area contributed by atoms with Crippen LogP contribution in [0, 0.1) is 0 Å². The van der Waals surface area contributed by atoms with Crippen LogP contribution >= 0.6 is 11.6 Å². The van der Waals surface area contributed by atoms with Gasteiger partial charge in [-0.05, 0) is 31.3 Å². The molecule has 3 aromatic heterocycles. The number of pyridine rings is 1. The van der Waals surface area contributed by atoms with Gasteiger partial charge in [0.2, 0.25) is 0 Å². The number of benzene rings is 1. The largest absolute Gasteiger partial charge is 0.497 e. The van der Waals surface area contributed by atoms with Crippen LogP contribution in [0.25, 0.3) is 10.6 Å². The lowest BCUT2D eigenvalue weighted by atomic mass is 10.1. The fourth-order valence-corrected chi connectivity index (χ4v) is 5.19. The third-order valence-electron chi connectivity index (χ3n) is 6.32. The maximum absolute atomic E-state index is 13.0. The number of hydrogen-bond acceptors (Lipinski definition) is 9. The molecule has 0 amide bonds. The van der Waals surface area contributed by atoms with Gasteiger partial charge in [0.25, 0.3) is 0 Å². The van der Waals surface area contributed by atoms with Gasteiger partial charge >= 0.3 is 10.2 Å². The van der Waals surface area contributed by atoms with E-state index in [0.717, 1.165) is 19.4 Å². The van der Waals surface area contributed by atoms with Gasteiger partial charge in [0.1, 0.15) is 28.8 Å². The zero-order valence-electron chi connectivity index (χ0n) is 23.6. The summed E-state index contributed by atoms with van der Waals surface area (Å²) in [5.74, 6) is 1.76. The van der Waals surface area contributed by atoms with E-state index in [1.807, 2.05) is 20.2 Å². The lowest BCUT2D eigenvalue weighted by molar-refractivity contribution is 0.394. The van der Waals surface area contributed by atoms with Gasteiger partial charge in [0, 0.05) is 63.5 Å². The molecule has 12 nitrogen and oxygen atoms in total. The van der Waals surface area contributed by atoms with Crippen molar-refractivity contribution in [1.82, 2.24) is 28.0 Å². The second-order valence-corrected chi connectivity index (χ2v) is 11.5. The highest BCUT2D eigenvalue weighted by atomic mass is 35.5. The van der Waals surface area contributed by atoms with E-state index >= 15 is 0 Å². The average molecular weight is 599 g/mol. The Morgan fingerprint density at radius 2 is 1.83 bits per heavy atom. The Morgan fingerprint density at radius 1 is 1.15 bits per heavy atom. The molecule has 0 aliphatic carbocycles. The van der Waals surface area contributed by atoms with Gasteiger partial charge in [0.05, 0.1) is 43.4 Å². The van der Waals surface area contributed by atoms with Crippen LogP contribution in [0.5, 0.6) is 11.5 Å². The van der Waals surface area contributed by atoms with Gasteiger partial charge in [-0.25, -0.2) is 13.9 Å². The number of aryl methyl sites for hydroxylation is 1. The predicted molar refractivity (Wildman–Crippen MR) is 161 cm³/mol. The van der Waals surface area contributed by atoms with Gasteiger partial charge in [-0.2, -0.15) is 17.8 Å². The fraction of sp³-hybridized carbons (Fsp3) is 0.259. The van der Waals surface area contributed by atoms with Crippen molar-refractivity contribution in [3.63, 3.8) is 0 Å². The monoisotopic (exact) mass is 598 g/mol. The minimum absolute atomic E-state index is 0.0205. The lowest BCUT2D eigenvalue weighted by Gasteiger charge is -2.26. The second-order valence-electron chi connectivity index (χ2n) is 9.12. The Bertz CT molecular complexity index is 1690. The van der Waals surface area contributed by atoms with Crippen LogP contribution in [-0.4, -0.2) is 71.5 Å². The molecule has 4 rings (SSSR count). The Labute approximate surface area is 244 Å². The van der Waals surface area contributed by atoms with Gasteiger partial charge in [-0.3, -0.25) is 9.67 Å². The topological polar surface area (TPSA) is 120 Å². The van der Waals surface area contributed by atoms with E-state index in [0.29, 0.717) is 39.4 Å². The standard InChI is InChI=1S/C27H31ClN8O4S/c1-18(19-15-31-34(5)16-19)26(28)27-23(29-2)8-9-24(32-27)35(20-12-21(39-6)14-22(13-20)40-7)17-25-30-10-11-36(25)41(37,38)33(3)4/h8-16H,2,17H2,1,3-7H3/b26-18-. The molecular formula is C27H31ClN8O4S. The van der Waals surface area contributed by atoms with Crippen LogP contribution in [0.4, 0.5) is 17.2 Å². The van der Waals surface area contributed by atoms with E-state index in [-0.39, 0.29) is 12.4 Å². The van der Waals surface area contributed by atoms with Gasteiger partial charge < -0.3 is 14.4 Å². The number of rotatable bonds is 11. The first-order valence-corrected chi connectivity index (χ1v) is 14.1. The molecule has 4 aromatic rings. The summed E-state index contributed by atoms with van der Waals surface area (Å²) in [4.78, 5) is 15.2. The van der Waals surface area contributed by atoms with Crippen molar-refractivity contribution in [2.75, 3.05) is 33.2 Å². The van der Waals surface area contributed by atoms with Crippen LogP contribution in [0.3, 0.4) is 0 Å². The molecule has 0 aliphatic heterocycles. The first-order valence-electron chi connectivity index (χ1n) is 12.3. The van der Waals surface area contributed by atoms with Crippen LogP contribution < -0.4 is 14.4 Å². The van der Waals surface area contributed by atoms with E-state index in [1.54, 1.807) is 60.3 Å². The zero-order chi connectivity index (χ0) is 29.9. The smallest absolute Gasteiger partial charge is 0.308 e. The molecule has 0 aliphatic rings. The second kappa shape index (κ2) is 12.1. The number of ether oxygens (including phenoxy) is 2. The SMILES string of the molecule is C=Nc1ccc(N(Cc2nccn2S(=O)(=O)N(C)C)c2cc(OC)cc(OC)c2)nc1/C(Cl)=C(\C)c1cnn(C)c1. The zero-order valence-corrected chi connectivity index (χ0v) is 25.2. The minimum Gasteiger partial charge on any atom is -0.497 e. The molecule has 0 atom stereocenters. The summed E-state index contributed by atoms with van der Waals surface area (Å²) in [6, 6.07) is 8.80. The summed E-state index contributed by atoms with van der Waals surface area (Å²) < 4.78 is 41.0. The number of halogens is 1. The highest BCUT2D eigenvalue weighted by molar-refractivity contribution is 7.87. The normalized spacial score (nSPS) is 12.3. The third-order valence-corrected chi connectivity index (χ3v) is 8.53. The summed E-state index contributed by atoms with van der Waals surface area (Å²) in [5.41, 5.74) is 3.05. The van der Waals surface area contributed by atoms with Crippen molar-refractivity contribution in [3.8, 4) is 11.5 Å². The van der Waals surface area contributed by atoms with E-state index in [2.05, 4.69) is 21.8 Å². The van der Waals surface area contributed by atoms with Crippen molar-refractivity contribution in [2.24, 2.45) is 12.0 Å². The van der Waals surface area contributed by atoms with Crippen molar-refractivity contribution >= 4 is 56.3 Å². The number of imidazole rings is 1. The highest BCUT2D eigenvalue weighted by Gasteiger charge is 2.24. The number of hydrogen-bond donors (Lipinski definition) is 0. The minimum atomic E-state index is -3.84. The quantitative estimate of drug-likeness (QED) is 0.232. The van der Waals surface area contributed by atoms with Crippen molar-refractivity contribution in [2.45, 2.75) is 13.5 Å². The van der Waals surface area contributed by atoms with Gasteiger partial charge in [-0.1, -0.05) is 11.6 Å². The Balaban J connectivity index is 1.92. The molecule has 41 heavy (non-hydrogen) atoms. The molecule has 0 unspecified atom stereocenters.